The lowest BCUT2D eigenvalue weighted by Gasteiger charge is -2.27. The van der Waals surface area contributed by atoms with Gasteiger partial charge in [0.1, 0.15) is 5.01 Å². The van der Waals surface area contributed by atoms with Gasteiger partial charge < -0.3 is 15.1 Å². The van der Waals surface area contributed by atoms with Crippen LogP contribution in [0.2, 0.25) is 0 Å². The molecule has 0 unspecified atom stereocenters. The van der Waals surface area contributed by atoms with Crippen molar-refractivity contribution < 1.29 is 19.8 Å². The molecule has 0 saturated carbocycles. The maximum Gasteiger partial charge on any atom is 0.305 e. The minimum absolute atomic E-state index is 0.0456. The van der Waals surface area contributed by atoms with Gasteiger partial charge >= 0.3 is 11.9 Å². The summed E-state index contributed by atoms with van der Waals surface area (Å²) in [6, 6.07) is 13.8. The molecule has 0 fully saturated rings. The Morgan fingerprint density at radius 2 is 1.78 bits per heavy atom. The van der Waals surface area contributed by atoms with Gasteiger partial charge in [0.2, 0.25) is 0 Å². The van der Waals surface area contributed by atoms with Gasteiger partial charge in [0.15, 0.2) is 0 Å². The van der Waals surface area contributed by atoms with Crippen molar-refractivity contribution in [3.05, 3.63) is 83.0 Å². The molecule has 3 aromatic rings. The standard InChI is InChI=1S/C25H22N2O4S/c28-23(29)9-8-17-4-3-6-20(25-26-12-15-32-25)21(17)16-18-10-13-27(14-11-24(30)31)22-7-2-1-5-19(18)22/h1-7,10,12-13,15-16H,8-9,11,14H2,(H,28,29)(H,30,31). The van der Waals surface area contributed by atoms with Crippen molar-refractivity contribution in [3.8, 4) is 10.6 Å². The van der Waals surface area contributed by atoms with Gasteiger partial charge in [-0.25, -0.2) is 4.98 Å². The fourth-order valence-corrected chi connectivity index (χ4v) is 4.46. The molecule has 162 valence electrons. The fourth-order valence-electron chi connectivity index (χ4n) is 3.79. The highest BCUT2D eigenvalue weighted by molar-refractivity contribution is 7.13. The van der Waals surface area contributed by atoms with Gasteiger partial charge in [0.05, 0.1) is 6.42 Å². The number of carbonyl (C=O) groups is 2. The average Bonchev–Trinajstić information content (AvgIpc) is 3.32. The number of aryl methyl sites for hydroxylation is 1. The first kappa shape index (κ1) is 21.5. The molecule has 2 N–H and O–H groups in total. The van der Waals surface area contributed by atoms with Crippen LogP contribution < -0.4 is 4.90 Å². The van der Waals surface area contributed by atoms with Crippen molar-refractivity contribution in [1.29, 1.82) is 0 Å². The summed E-state index contributed by atoms with van der Waals surface area (Å²) in [7, 11) is 0. The number of anilines is 1. The summed E-state index contributed by atoms with van der Waals surface area (Å²) in [6.07, 6.45) is 8.24. The van der Waals surface area contributed by atoms with Crippen LogP contribution in [0.5, 0.6) is 0 Å². The van der Waals surface area contributed by atoms with Crippen LogP contribution in [-0.4, -0.2) is 33.7 Å². The third kappa shape index (κ3) is 4.78. The Balaban J connectivity index is 1.80. The minimum Gasteiger partial charge on any atom is -0.481 e. The van der Waals surface area contributed by atoms with E-state index in [0.717, 1.165) is 38.5 Å². The molecule has 0 amide bonds. The molecule has 0 radical (unpaired) electrons. The number of para-hydroxylation sites is 1. The summed E-state index contributed by atoms with van der Waals surface area (Å²) in [5.74, 6) is -1.67. The largest absolute Gasteiger partial charge is 0.481 e. The number of allylic oxidation sites excluding steroid dienone is 2. The average molecular weight is 447 g/mol. The molecule has 7 heteroatoms. The molecule has 0 saturated heterocycles. The van der Waals surface area contributed by atoms with Gasteiger partial charge in [-0.3, -0.25) is 9.59 Å². The molecule has 32 heavy (non-hydrogen) atoms. The normalized spacial score (nSPS) is 13.9. The molecule has 0 spiro atoms. The summed E-state index contributed by atoms with van der Waals surface area (Å²) in [5.41, 5.74) is 5.80. The molecule has 6 nitrogen and oxygen atoms in total. The van der Waals surface area contributed by atoms with E-state index in [0.29, 0.717) is 13.0 Å². The number of aliphatic carboxylic acids is 2. The van der Waals surface area contributed by atoms with E-state index in [-0.39, 0.29) is 12.8 Å². The molecule has 0 atom stereocenters. The summed E-state index contributed by atoms with van der Waals surface area (Å²) in [4.78, 5) is 28.7. The first-order chi connectivity index (χ1) is 15.5. The van der Waals surface area contributed by atoms with Gasteiger partial charge in [0.25, 0.3) is 0 Å². The van der Waals surface area contributed by atoms with Crippen LogP contribution in [-0.2, 0) is 16.0 Å². The molecule has 1 aliphatic heterocycles. The zero-order valence-electron chi connectivity index (χ0n) is 17.3. The topological polar surface area (TPSA) is 90.7 Å². The van der Waals surface area contributed by atoms with E-state index in [1.54, 1.807) is 17.5 Å². The van der Waals surface area contributed by atoms with E-state index >= 15 is 0 Å². The fraction of sp³-hybridized carbons (Fsp3) is 0.160. The van der Waals surface area contributed by atoms with E-state index in [4.69, 9.17) is 5.11 Å². The third-order valence-electron chi connectivity index (χ3n) is 5.29. The molecular formula is C25H22N2O4S. The maximum absolute atomic E-state index is 11.2. The van der Waals surface area contributed by atoms with Crippen molar-refractivity contribution in [2.45, 2.75) is 19.3 Å². The van der Waals surface area contributed by atoms with E-state index in [1.807, 2.05) is 65.0 Å². The summed E-state index contributed by atoms with van der Waals surface area (Å²) < 4.78 is 0. The van der Waals surface area contributed by atoms with Gasteiger partial charge in [0, 0.05) is 47.6 Å². The monoisotopic (exact) mass is 446 g/mol. The van der Waals surface area contributed by atoms with Crippen molar-refractivity contribution in [3.63, 3.8) is 0 Å². The van der Waals surface area contributed by atoms with Crippen LogP contribution in [0.1, 0.15) is 29.5 Å². The molecule has 1 aromatic heterocycles. The number of rotatable bonds is 8. The number of carboxylic acid groups (broad SMARTS) is 2. The lowest BCUT2D eigenvalue weighted by atomic mass is 9.92. The molecule has 4 rings (SSSR count). The van der Waals surface area contributed by atoms with Gasteiger partial charge in [-0.15, -0.1) is 11.3 Å². The van der Waals surface area contributed by atoms with Crippen LogP contribution in [0.15, 0.2) is 66.3 Å². The SMILES string of the molecule is O=C(O)CCc1cccc(-c2nccs2)c1C=C1C=CN(CCC(=O)O)c2ccccc21. The zero-order valence-corrected chi connectivity index (χ0v) is 18.1. The van der Waals surface area contributed by atoms with Crippen molar-refractivity contribution in [2.75, 3.05) is 11.4 Å². The van der Waals surface area contributed by atoms with Gasteiger partial charge in [-0.05, 0) is 41.3 Å². The van der Waals surface area contributed by atoms with Crippen LogP contribution in [0, 0.1) is 0 Å². The van der Waals surface area contributed by atoms with Gasteiger partial charge in [-0.2, -0.15) is 0 Å². The highest BCUT2D eigenvalue weighted by atomic mass is 32.1. The lowest BCUT2D eigenvalue weighted by Crippen LogP contribution is -2.23. The zero-order chi connectivity index (χ0) is 22.5. The Kier molecular flexibility index (Phi) is 6.47. The number of thiazole rings is 1. The van der Waals surface area contributed by atoms with E-state index in [9.17, 15) is 14.7 Å². The Labute approximate surface area is 189 Å². The summed E-state index contributed by atoms with van der Waals surface area (Å²) >= 11 is 1.54. The number of fused-ring (bicyclic) bond motifs is 1. The Morgan fingerprint density at radius 3 is 2.53 bits per heavy atom. The van der Waals surface area contributed by atoms with Crippen molar-refractivity contribution in [1.82, 2.24) is 4.98 Å². The second-order valence-electron chi connectivity index (χ2n) is 7.38. The summed E-state index contributed by atoms with van der Waals surface area (Å²) in [6.45, 7) is 0.385. The highest BCUT2D eigenvalue weighted by Crippen LogP contribution is 2.37. The van der Waals surface area contributed by atoms with Crippen molar-refractivity contribution >= 4 is 40.6 Å². The van der Waals surface area contributed by atoms with Crippen LogP contribution >= 0.6 is 11.3 Å². The van der Waals surface area contributed by atoms with Crippen LogP contribution in [0.3, 0.4) is 0 Å². The number of carboxylic acids is 2. The molecular weight excluding hydrogens is 424 g/mol. The Morgan fingerprint density at radius 1 is 1.00 bits per heavy atom. The number of nitrogens with zero attached hydrogens (tertiary/aromatic N) is 2. The second-order valence-corrected chi connectivity index (χ2v) is 8.27. The predicted molar refractivity (Wildman–Crippen MR) is 127 cm³/mol. The quantitative estimate of drug-likeness (QED) is 0.496. The first-order valence-electron chi connectivity index (χ1n) is 10.2. The summed E-state index contributed by atoms with van der Waals surface area (Å²) in [5, 5.41) is 21.1. The molecule has 2 heterocycles. The predicted octanol–water partition coefficient (Wildman–Crippen LogP) is 5.18. The highest BCUT2D eigenvalue weighted by Gasteiger charge is 2.18. The molecule has 1 aliphatic rings. The van der Waals surface area contributed by atoms with Gasteiger partial charge in [-0.1, -0.05) is 36.4 Å². The van der Waals surface area contributed by atoms with Crippen molar-refractivity contribution in [2.24, 2.45) is 0 Å². The molecule has 0 bridgehead atoms. The van der Waals surface area contributed by atoms with E-state index < -0.39 is 11.9 Å². The molecule has 2 aromatic carbocycles. The molecule has 0 aliphatic carbocycles. The van der Waals surface area contributed by atoms with Crippen LogP contribution in [0.25, 0.3) is 22.2 Å². The Bertz CT molecular complexity index is 1200. The Hall–Kier alpha value is -3.71. The number of aromatic nitrogens is 1. The third-order valence-corrected chi connectivity index (χ3v) is 6.10. The maximum atomic E-state index is 11.2. The number of hydrogen-bond acceptors (Lipinski definition) is 5. The first-order valence-corrected chi connectivity index (χ1v) is 11.1. The van der Waals surface area contributed by atoms with E-state index in [2.05, 4.69) is 11.1 Å². The van der Waals surface area contributed by atoms with E-state index in [1.165, 1.54) is 0 Å². The number of hydrogen-bond donors (Lipinski definition) is 2. The number of benzene rings is 2. The lowest BCUT2D eigenvalue weighted by molar-refractivity contribution is -0.137. The second kappa shape index (κ2) is 9.62. The van der Waals surface area contributed by atoms with Crippen LogP contribution in [0.4, 0.5) is 5.69 Å². The smallest absolute Gasteiger partial charge is 0.305 e. The minimum atomic E-state index is -0.835.